The van der Waals surface area contributed by atoms with Gasteiger partial charge in [0.15, 0.2) is 0 Å². The third kappa shape index (κ3) is 2.57. The van der Waals surface area contributed by atoms with Crippen molar-refractivity contribution < 1.29 is 4.79 Å². The van der Waals surface area contributed by atoms with Crippen LogP contribution in [-0.2, 0) is 4.79 Å². The Hall–Kier alpha value is -0.370. The average molecular weight is 235 g/mol. The van der Waals surface area contributed by atoms with Crippen LogP contribution in [0.5, 0.6) is 0 Å². The van der Waals surface area contributed by atoms with Crippen molar-refractivity contribution in [3.05, 3.63) is 0 Å². The minimum atomic E-state index is 0.384. The van der Waals surface area contributed by atoms with Gasteiger partial charge in [-0.1, -0.05) is 19.3 Å². The summed E-state index contributed by atoms with van der Waals surface area (Å²) in [5, 5.41) is 0. The molecule has 2 saturated carbocycles. The molecule has 0 N–H and O–H groups in total. The molecular formula is C15H25NO. The van der Waals surface area contributed by atoms with Crippen LogP contribution in [0.2, 0.25) is 0 Å². The summed E-state index contributed by atoms with van der Waals surface area (Å²) in [6.45, 7) is 3.61. The smallest absolute Gasteiger partial charge is 0.137 e. The topological polar surface area (TPSA) is 20.3 Å². The van der Waals surface area contributed by atoms with Gasteiger partial charge in [-0.25, -0.2) is 0 Å². The molecule has 96 valence electrons. The van der Waals surface area contributed by atoms with Gasteiger partial charge in [0.1, 0.15) is 5.78 Å². The van der Waals surface area contributed by atoms with Gasteiger partial charge in [-0.15, -0.1) is 0 Å². The summed E-state index contributed by atoms with van der Waals surface area (Å²) in [5.74, 6) is 2.89. The Morgan fingerprint density at radius 2 is 1.82 bits per heavy atom. The fourth-order valence-electron chi connectivity index (χ4n) is 4.23. The number of likely N-dealkylation sites (tertiary alicyclic amines) is 1. The number of ketones is 1. The minimum absolute atomic E-state index is 0.384. The molecule has 2 aliphatic carbocycles. The zero-order valence-electron chi connectivity index (χ0n) is 10.9. The fourth-order valence-corrected chi connectivity index (χ4v) is 4.23. The number of Topliss-reactive ketones (excluding diaryl/α,β-unsaturated/α-hetero) is 1. The Kier molecular flexibility index (Phi) is 3.51. The number of fused-ring (bicyclic) bond motifs is 1. The minimum Gasteiger partial charge on any atom is -0.302 e. The summed E-state index contributed by atoms with van der Waals surface area (Å²) in [6, 6.07) is 0. The second-order valence-electron chi connectivity index (χ2n) is 6.41. The van der Waals surface area contributed by atoms with E-state index in [-0.39, 0.29) is 0 Å². The van der Waals surface area contributed by atoms with Crippen molar-refractivity contribution in [1.29, 1.82) is 0 Å². The summed E-state index contributed by atoms with van der Waals surface area (Å²) in [7, 11) is 0. The number of nitrogens with zero attached hydrogens (tertiary/aromatic N) is 1. The molecule has 1 aliphatic heterocycles. The Morgan fingerprint density at radius 1 is 1.00 bits per heavy atom. The lowest BCUT2D eigenvalue weighted by Gasteiger charge is -2.42. The first-order valence-corrected chi connectivity index (χ1v) is 7.58. The molecule has 1 saturated heterocycles. The molecule has 0 aromatic heterocycles. The lowest BCUT2D eigenvalue weighted by Crippen LogP contribution is -2.44. The summed E-state index contributed by atoms with van der Waals surface area (Å²) >= 11 is 0. The highest BCUT2D eigenvalue weighted by Crippen LogP contribution is 2.36. The van der Waals surface area contributed by atoms with Crippen LogP contribution in [0.15, 0.2) is 0 Å². The van der Waals surface area contributed by atoms with E-state index < -0.39 is 0 Å². The van der Waals surface area contributed by atoms with Crippen molar-refractivity contribution in [1.82, 2.24) is 4.90 Å². The average Bonchev–Trinajstić information content (AvgIpc) is 2.75. The molecule has 17 heavy (non-hydrogen) atoms. The molecule has 3 rings (SSSR count). The Morgan fingerprint density at radius 3 is 2.59 bits per heavy atom. The van der Waals surface area contributed by atoms with Gasteiger partial charge in [-0.05, 0) is 44.1 Å². The van der Waals surface area contributed by atoms with Crippen LogP contribution in [0.4, 0.5) is 0 Å². The van der Waals surface area contributed by atoms with Crippen LogP contribution in [0.1, 0.15) is 51.4 Å². The number of rotatable bonds is 2. The Labute approximate surface area is 105 Å². The van der Waals surface area contributed by atoms with Gasteiger partial charge in [0, 0.05) is 25.4 Å². The number of hydrogen-bond donors (Lipinski definition) is 0. The lowest BCUT2D eigenvalue weighted by molar-refractivity contribution is -0.121. The molecular weight excluding hydrogens is 210 g/mol. The molecule has 3 atom stereocenters. The van der Waals surface area contributed by atoms with Crippen LogP contribution >= 0.6 is 0 Å². The van der Waals surface area contributed by atoms with Gasteiger partial charge in [0.05, 0.1) is 0 Å². The fraction of sp³-hybridized carbons (Fsp3) is 0.933. The van der Waals surface area contributed by atoms with E-state index >= 15 is 0 Å². The van der Waals surface area contributed by atoms with Crippen LogP contribution in [0.3, 0.4) is 0 Å². The van der Waals surface area contributed by atoms with Gasteiger partial charge in [0.25, 0.3) is 0 Å². The third-order valence-corrected chi connectivity index (χ3v) is 5.29. The van der Waals surface area contributed by atoms with Gasteiger partial charge in [0.2, 0.25) is 0 Å². The number of carbonyl (C=O) groups is 1. The first-order chi connectivity index (χ1) is 8.33. The first kappa shape index (κ1) is 11.7. The van der Waals surface area contributed by atoms with E-state index in [1.165, 1.54) is 45.2 Å². The van der Waals surface area contributed by atoms with Gasteiger partial charge >= 0.3 is 0 Å². The van der Waals surface area contributed by atoms with E-state index in [1.54, 1.807) is 0 Å². The molecule has 3 fully saturated rings. The van der Waals surface area contributed by atoms with Crippen LogP contribution in [0.25, 0.3) is 0 Å². The molecule has 3 aliphatic rings. The highest BCUT2D eigenvalue weighted by Gasteiger charge is 2.33. The van der Waals surface area contributed by atoms with E-state index in [1.807, 2.05) is 0 Å². The van der Waals surface area contributed by atoms with Crippen LogP contribution < -0.4 is 0 Å². The number of piperidine rings is 1. The second kappa shape index (κ2) is 5.09. The predicted octanol–water partition coefficient (Wildman–Crippen LogP) is 2.87. The number of carbonyl (C=O) groups excluding carboxylic acids is 1. The maximum atomic E-state index is 11.7. The van der Waals surface area contributed by atoms with Crippen molar-refractivity contribution in [2.75, 3.05) is 19.6 Å². The van der Waals surface area contributed by atoms with Crippen LogP contribution in [0, 0.1) is 17.8 Å². The monoisotopic (exact) mass is 235 g/mol. The zero-order chi connectivity index (χ0) is 11.7. The molecule has 0 amide bonds. The van der Waals surface area contributed by atoms with E-state index in [0.717, 1.165) is 37.6 Å². The van der Waals surface area contributed by atoms with E-state index in [9.17, 15) is 4.79 Å². The summed E-state index contributed by atoms with van der Waals surface area (Å²) in [6.07, 6.45) is 10.4. The van der Waals surface area contributed by atoms with Crippen molar-refractivity contribution in [3.8, 4) is 0 Å². The molecule has 0 radical (unpaired) electrons. The van der Waals surface area contributed by atoms with Gasteiger partial charge < -0.3 is 4.90 Å². The summed E-state index contributed by atoms with van der Waals surface area (Å²) in [4.78, 5) is 14.3. The maximum Gasteiger partial charge on any atom is 0.137 e. The summed E-state index contributed by atoms with van der Waals surface area (Å²) in [5.41, 5.74) is 0. The Bertz CT molecular complexity index is 289. The molecule has 0 aromatic carbocycles. The first-order valence-electron chi connectivity index (χ1n) is 7.58. The standard InChI is InChI=1S/C15H25NO/c17-15-7-3-6-14(15)11-16-9-8-12-4-1-2-5-13(12)10-16/h12-14H,1-11H2. The third-order valence-electron chi connectivity index (χ3n) is 5.29. The number of hydrogen-bond acceptors (Lipinski definition) is 2. The van der Waals surface area contributed by atoms with Crippen molar-refractivity contribution in [2.24, 2.45) is 17.8 Å². The quantitative estimate of drug-likeness (QED) is 0.733. The van der Waals surface area contributed by atoms with E-state index in [0.29, 0.717) is 11.7 Å². The maximum absolute atomic E-state index is 11.7. The lowest BCUT2D eigenvalue weighted by atomic mass is 9.75. The molecule has 0 aromatic rings. The largest absolute Gasteiger partial charge is 0.302 e. The zero-order valence-corrected chi connectivity index (χ0v) is 10.9. The van der Waals surface area contributed by atoms with Crippen LogP contribution in [-0.4, -0.2) is 30.3 Å². The summed E-state index contributed by atoms with van der Waals surface area (Å²) < 4.78 is 0. The molecule has 1 heterocycles. The van der Waals surface area contributed by atoms with Crippen molar-refractivity contribution >= 4 is 5.78 Å². The Balaban J connectivity index is 1.53. The molecule has 0 spiro atoms. The highest BCUT2D eigenvalue weighted by atomic mass is 16.1. The highest BCUT2D eigenvalue weighted by molar-refractivity contribution is 5.83. The SMILES string of the molecule is O=C1CCCC1CN1CCC2CCCCC2C1. The predicted molar refractivity (Wildman–Crippen MR) is 68.9 cm³/mol. The van der Waals surface area contributed by atoms with E-state index in [2.05, 4.69) is 4.90 Å². The van der Waals surface area contributed by atoms with Crippen molar-refractivity contribution in [2.45, 2.75) is 51.4 Å². The normalized spacial score (nSPS) is 39.3. The molecule has 3 unspecified atom stereocenters. The van der Waals surface area contributed by atoms with E-state index in [4.69, 9.17) is 0 Å². The molecule has 2 heteroatoms. The van der Waals surface area contributed by atoms with Gasteiger partial charge in [-0.3, -0.25) is 4.79 Å². The second-order valence-corrected chi connectivity index (χ2v) is 6.41. The molecule has 2 nitrogen and oxygen atoms in total. The van der Waals surface area contributed by atoms with Crippen molar-refractivity contribution in [3.63, 3.8) is 0 Å². The van der Waals surface area contributed by atoms with Gasteiger partial charge in [-0.2, -0.15) is 0 Å². The molecule has 0 bridgehead atoms.